The second-order valence-electron chi connectivity index (χ2n) is 9.33. The number of hydrogen-bond acceptors (Lipinski definition) is 3. The van der Waals surface area contributed by atoms with E-state index in [1.54, 1.807) is 12.4 Å². The molecule has 0 unspecified atom stereocenters. The minimum atomic E-state index is -0.218. The number of amides is 2. The van der Waals surface area contributed by atoms with Gasteiger partial charge in [-0.25, -0.2) is 0 Å². The lowest BCUT2D eigenvalue weighted by atomic mass is 9.91. The summed E-state index contributed by atoms with van der Waals surface area (Å²) in [4.78, 5) is 33.9. The Morgan fingerprint density at radius 3 is 2.50 bits per heavy atom. The number of benzene rings is 1. The highest BCUT2D eigenvalue weighted by atomic mass is 16.2. The first-order valence-electron chi connectivity index (χ1n) is 10.8. The molecule has 0 spiro atoms. The van der Waals surface area contributed by atoms with Crippen molar-refractivity contribution >= 4 is 11.8 Å². The Kier molecular flexibility index (Phi) is 6.91. The zero-order valence-corrected chi connectivity index (χ0v) is 18.6. The average Bonchev–Trinajstić information content (AvgIpc) is 2.87. The van der Waals surface area contributed by atoms with E-state index in [0.717, 1.165) is 16.7 Å². The summed E-state index contributed by atoms with van der Waals surface area (Å²) in [5.41, 5.74) is 3.27. The molecule has 2 amide bonds. The third kappa shape index (κ3) is 5.68. The van der Waals surface area contributed by atoms with Crippen LogP contribution in [-0.4, -0.2) is 52.8 Å². The highest BCUT2D eigenvalue weighted by Crippen LogP contribution is 2.25. The smallest absolute Gasteiger partial charge is 0.227 e. The molecule has 2 heterocycles. The summed E-state index contributed by atoms with van der Waals surface area (Å²) in [5.74, 6) is 0.0747. The molecule has 0 saturated carbocycles. The number of aromatic nitrogens is 1. The zero-order valence-electron chi connectivity index (χ0n) is 18.6. The van der Waals surface area contributed by atoms with Gasteiger partial charge < -0.3 is 9.80 Å². The van der Waals surface area contributed by atoms with Crippen molar-refractivity contribution in [2.75, 3.05) is 26.2 Å². The van der Waals surface area contributed by atoms with E-state index in [1.807, 2.05) is 34.9 Å². The van der Waals surface area contributed by atoms with Gasteiger partial charge in [-0.3, -0.25) is 14.6 Å². The summed E-state index contributed by atoms with van der Waals surface area (Å²) in [5, 5.41) is 0. The van der Waals surface area contributed by atoms with E-state index in [0.29, 0.717) is 39.0 Å². The molecular weight excluding hydrogens is 374 g/mol. The number of carbonyl (C=O) groups excluding carboxylic acids is 2. The average molecular weight is 408 g/mol. The van der Waals surface area contributed by atoms with Crippen LogP contribution in [-0.2, 0) is 16.0 Å². The Bertz CT molecular complexity index is 873. The van der Waals surface area contributed by atoms with Crippen LogP contribution in [0.4, 0.5) is 0 Å². The van der Waals surface area contributed by atoms with E-state index >= 15 is 0 Å². The Balaban J connectivity index is 1.81. The van der Waals surface area contributed by atoms with Crippen LogP contribution in [0.1, 0.15) is 39.7 Å². The Labute approximate surface area is 180 Å². The highest BCUT2D eigenvalue weighted by Gasteiger charge is 2.32. The number of pyridine rings is 1. The third-order valence-electron chi connectivity index (χ3n) is 5.58. The van der Waals surface area contributed by atoms with Gasteiger partial charge in [0.2, 0.25) is 11.8 Å². The van der Waals surface area contributed by atoms with E-state index < -0.39 is 0 Å². The zero-order chi connectivity index (χ0) is 21.7. The number of carbonyl (C=O) groups is 2. The third-order valence-corrected chi connectivity index (χ3v) is 5.58. The van der Waals surface area contributed by atoms with Crippen molar-refractivity contribution in [3.63, 3.8) is 0 Å². The Hall–Kier alpha value is -2.69. The predicted octanol–water partition coefficient (Wildman–Crippen LogP) is 4.03. The van der Waals surface area contributed by atoms with Crippen molar-refractivity contribution < 1.29 is 9.59 Å². The van der Waals surface area contributed by atoms with Gasteiger partial charge in [-0.15, -0.1) is 0 Å². The van der Waals surface area contributed by atoms with E-state index in [-0.39, 0.29) is 23.1 Å². The molecule has 5 nitrogen and oxygen atoms in total. The SMILES string of the molecule is CCN1CCN(C(=O)CC(C)(C)C)C[C@@H](Cc2cccc(-c3ccncc3)c2)C1=O. The first kappa shape index (κ1) is 22.0. The van der Waals surface area contributed by atoms with E-state index in [1.165, 1.54) is 0 Å². The largest absolute Gasteiger partial charge is 0.341 e. The van der Waals surface area contributed by atoms with Gasteiger partial charge in [-0.1, -0.05) is 45.0 Å². The van der Waals surface area contributed by atoms with Crippen LogP contribution >= 0.6 is 0 Å². The van der Waals surface area contributed by atoms with Crippen LogP contribution in [0.15, 0.2) is 48.8 Å². The molecule has 0 aliphatic carbocycles. The molecular formula is C25H33N3O2. The lowest BCUT2D eigenvalue weighted by molar-refractivity contribution is -0.135. The molecule has 30 heavy (non-hydrogen) atoms. The van der Waals surface area contributed by atoms with E-state index in [4.69, 9.17) is 0 Å². The molecule has 1 saturated heterocycles. The summed E-state index contributed by atoms with van der Waals surface area (Å²) < 4.78 is 0. The van der Waals surface area contributed by atoms with Gasteiger partial charge in [-0.2, -0.15) is 0 Å². The van der Waals surface area contributed by atoms with Crippen LogP contribution in [0.5, 0.6) is 0 Å². The lowest BCUT2D eigenvalue weighted by Crippen LogP contribution is -2.38. The minimum Gasteiger partial charge on any atom is -0.341 e. The number of hydrogen-bond donors (Lipinski definition) is 0. The summed E-state index contributed by atoms with van der Waals surface area (Å²) in [6.07, 6.45) is 4.70. The molecule has 1 aromatic carbocycles. The second-order valence-corrected chi connectivity index (χ2v) is 9.33. The Morgan fingerprint density at radius 2 is 1.83 bits per heavy atom. The van der Waals surface area contributed by atoms with Crippen LogP contribution < -0.4 is 0 Å². The lowest BCUT2D eigenvalue weighted by Gasteiger charge is -2.27. The highest BCUT2D eigenvalue weighted by molar-refractivity contribution is 5.82. The molecule has 160 valence electrons. The molecule has 1 aliphatic heterocycles. The van der Waals surface area contributed by atoms with Gasteiger partial charge in [0.05, 0.1) is 5.92 Å². The Morgan fingerprint density at radius 1 is 1.10 bits per heavy atom. The topological polar surface area (TPSA) is 53.5 Å². The molecule has 0 bridgehead atoms. The predicted molar refractivity (Wildman–Crippen MR) is 120 cm³/mol. The maximum Gasteiger partial charge on any atom is 0.227 e. The molecule has 5 heteroatoms. The van der Waals surface area contributed by atoms with Gasteiger partial charge in [-0.05, 0) is 47.6 Å². The molecule has 1 atom stereocenters. The molecule has 1 fully saturated rings. The van der Waals surface area contributed by atoms with Crippen LogP contribution in [0.2, 0.25) is 0 Å². The first-order valence-corrected chi connectivity index (χ1v) is 10.8. The molecule has 1 aromatic heterocycles. The van der Waals surface area contributed by atoms with E-state index in [9.17, 15) is 9.59 Å². The minimum absolute atomic E-state index is 0.0633. The van der Waals surface area contributed by atoms with Crippen molar-refractivity contribution in [2.24, 2.45) is 11.3 Å². The maximum absolute atomic E-state index is 13.2. The van der Waals surface area contributed by atoms with E-state index in [2.05, 4.69) is 44.0 Å². The van der Waals surface area contributed by atoms with Gasteiger partial charge in [0.15, 0.2) is 0 Å². The van der Waals surface area contributed by atoms with Gasteiger partial charge in [0.1, 0.15) is 0 Å². The second kappa shape index (κ2) is 9.41. The van der Waals surface area contributed by atoms with Crippen molar-refractivity contribution in [3.8, 4) is 11.1 Å². The molecule has 0 radical (unpaired) electrons. The van der Waals surface area contributed by atoms with Crippen molar-refractivity contribution in [1.29, 1.82) is 0 Å². The van der Waals surface area contributed by atoms with Crippen LogP contribution in [0.3, 0.4) is 0 Å². The maximum atomic E-state index is 13.2. The number of likely N-dealkylation sites (N-methyl/N-ethyl adjacent to an activating group) is 1. The fourth-order valence-corrected chi connectivity index (χ4v) is 4.01. The van der Waals surface area contributed by atoms with Crippen molar-refractivity contribution in [3.05, 3.63) is 54.4 Å². The number of rotatable bonds is 5. The standard InChI is InChI=1S/C25H33N3O2/c1-5-27-13-14-28(23(29)17-25(2,3)4)18-22(24(27)30)16-19-7-6-8-21(15-19)20-9-11-26-12-10-20/h6-12,15,22H,5,13-14,16-18H2,1-4H3/t22-/m1/s1. The van der Waals surface area contributed by atoms with Crippen molar-refractivity contribution in [2.45, 2.75) is 40.5 Å². The molecule has 3 rings (SSSR count). The van der Waals surface area contributed by atoms with Gasteiger partial charge in [0.25, 0.3) is 0 Å². The quantitative estimate of drug-likeness (QED) is 0.752. The van der Waals surface area contributed by atoms with Gasteiger partial charge >= 0.3 is 0 Å². The summed E-state index contributed by atoms with van der Waals surface area (Å²) >= 11 is 0. The summed E-state index contributed by atoms with van der Waals surface area (Å²) in [6, 6.07) is 12.3. The summed E-state index contributed by atoms with van der Waals surface area (Å²) in [7, 11) is 0. The van der Waals surface area contributed by atoms with Gasteiger partial charge in [0, 0.05) is 45.0 Å². The van der Waals surface area contributed by atoms with Crippen molar-refractivity contribution in [1.82, 2.24) is 14.8 Å². The monoisotopic (exact) mass is 407 g/mol. The fraction of sp³-hybridized carbons (Fsp3) is 0.480. The molecule has 1 aliphatic rings. The van der Waals surface area contributed by atoms with Crippen LogP contribution in [0, 0.1) is 11.3 Å². The normalized spacial score (nSPS) is 17.7. The summed E-state index contributed by atoms with van der Waals surface area (Å²) in [6.45, 7) is 10.6. The number of nitrogens with zero attached hydrogens (tertiary/aromatic N) is 3. The first-order chi connectivity index (χ1) is 14.3. The van der Waals surface area contributed by atoms with Crippen LogP contribution in [0.25, 0.3) is 11.1 Å². The fourth-order valence-electron chi connectivity index (χ4n) is 4.01. The molecule has 2 aromatic rings. The molecule has 0 N–H and O–H groups in total.